The number of nitrogens with two attached hydrogens (primary N) is 1. The lowest BCUT2D eigenvalue weighted by Crippen LogP contribution is -2.27. The van der Waals surface area contributed by atoms with Crippen molar-refractivity contribution in [3.8, 4) is 11.3 Å². The van der Waals surface area contributed by atoms with Crippen LogP contribution in [0, 0.1) is 13.8 Å². The van der Waals surface area contributed by atoms with Gasteiger partial charge in [-0.15, -0.1) is 0 Å². The van der Waals surface area contributed by atoms with Gasteiger partial charge in [0.25, 0.3) is 0 Å². The van der Waals surface area contributed by atoms with Gasteiger partial charge in [-0.3, -0.25) is 14.2 Å². The Kier molecular flexibility index (Phi) is 10.1. The van der Waals surface area contributed by atoms with E-state index in [1.807, 2.05) is 48.5 Å². The molecule has 4 aromatic carbocycles. The third-order valence-corrected chi connectivity index (χ3v) is 8.68. The number of amides is 1. The third kappa shape index (κ3) is 8.41. The van der Waals surface area contributed by atoms with Gasteiger partial charge in [-0.1, -0.05) is 77.9 Å². The smallest absolute Gasteiger partial charge is 0.323 e. The van der Waals surface area contributed by atoms with E-state index in [0.29, 0.717) is 5.69 Å². The maximum Gasteiger partial charge on any atom is 0.323 e. The number of benzene rings is 4. The molecule has 45 heavy (non-hydrogen) atoms. The van der Waals surface area contributed by atoms with E-state index in [1.165, 1.54) is 11.1 Å². The van der Waals surface area contributed by atoms with Crippen LogP contribution in [0.2, 0.25) is 0 Å². The Labute approximate surface area is 266 Å². The fraction of sp³-hybridized carbons (Fsp3) is 0.270. The van der Waals surface area contributed by atoms with Gasteiger partial charge < -0.3 is 5.73 Å². The number of hydrogen-bond acceptors (Lipinski definition) is 4. The molecule has 0 bridgehead atoms. The van der Waals surface area contributed by atoms with Crippen LogP contribution in [0.5, 0.6) is 0 Å². The van der Waals surface area contributed by atoms with E-state index in [-0.39, 0.29) is 0 Å². The van der Waals surface area contributed by atoms with Gasteiger partial charge >= 0.3 is 6.03 Å². The Morgan fingerprint density at radius 1 is 0.800 bits per heavy atom. The van der Waals surface area contributed by atoms with Crippen LogP contribution in [0.15, 0.2) is 97.1 Å². The highest BCUT2D eigenvalue weighted by molar-refractivity contribution is 7.92. The SMILES string of the molecule is Cc1cc(C)cc(-c2c(CCN(CCCCc3ccc(NS(C)(=O)=O)cc3)Cc3ccccc3)c3ccccc3n2C(N)=O)c1. The number of primary amides is 1. The van der Waals surface area contributed by atoms with E-state index in [0.717, 1.165) is 90.4 Å². The zero-order valence-corrected chi connectivity index (χ0v) is 27.1. The molecule has 0 fully saturated rings. The normalized spacial score (nSPS) is 11.7. The predicted molar refractivity (Wildman–Crippen MR) is 185 cm³/mol. The summed E-state index contributed by atoms with van der Waals surface area (Å²) in [7, 11) is -3.29. The molecule has 1 amide bonds. The van der Waals surface area contributed by atoms with Crippen molar-refractivity contribution in [3.05, 3.63) is 125 Å². The van der Waals surface area contributed by atoms with Crippen LogP contribution in [0.3, 0.4) is 0 Å². The lowest BCUT2D eigenvalue weighted by Gasteiger charge is -2.23. The lowest BCUT2D eigenvalue weighted by molar-refractivity contribution is 0.251. The largest absolute Gasteiger partial charge is 0.351 e. The molecule has 0 aliphatic carbocycles. The quantitative estimate of drug-likeness (QED) is 0.135. The monoisotopic (exact) mass is 622 g/mol. The lowest BCUT2D eigenvalue weighted by atomic mass is 9.99. The van der Waals surface area contributed by atoms with Crippen LogP contribution in [0.4, 0.5) is 10.5 Å². The van der Waals surface area contributed by atoms with Crippen LogP contribution >= 0.6 is 0 Å². The number of aryl methyl sites for hydroxylation is 3. The molecule has 3 N–H and O–H groups in total. The van der Waals surface area contributed by atoms with Gasteiger partial charge in [0.2, 0.25) is 10.0 Å². The zero-order valence-electron chi connectivity index (χ0n) is 26.3. The first-order valence-corrected chi connectivity index (χ1v) is 17.3. The number of rotatable bonds is 13. The van der Waals surface area contributed by atoms with E-state index < -0.39 is 16.1 Å². The van der Waals surface area contributed by atoms with Crippen molar-refractivity contribution in [2.75, 3.05) is 24.1 Å². The van der Waals surface area contributed by atoms with Crippen LogP contribution in [-0.2, 0) is 29.4 Å². The summed E-state index contributed by atoms with van der Waals surface area (Å²) in [5, 5.41) is 1.05. The van der Waals surface area contributed by atoms with Crippen molar-refractivity contribution >= 4 is 32.6 Å². The van der Waals surface area contributed by atoms with Gasteiger partial charge in [-0.25, -0.2) is 13.2 Å². The van der Waals surface area contributed by atoms with E-state index in [9.17, 15) is 13.2 Å². The summed E-state index contributed by atoms with van der Waals surface area (Å²) < 4.78 is 27.2. The van der Waals surface area contributed by atoms with Gasteiger partial charge in [-0.05, 0) is 98.7 Å². The molecule has 0 atom stereocenters. The Balaban J connectivity index is 1.36. The summed E-state index contributed by atoms with van der Waals surface area (Å²) in [5.41, 5.74) is 15.2. The fourth-order valence-electron chi connectivity index (χ4n) is 6.20. The van der Waals surface area contributed by atoms with Gasteiger partial charge in [0.15, 0.2) is 0 Å². The van der Waals surface area contributed by atoms with Crippen molar-refractivity contribution in [2.24, 2.45) is 5.73 Å². The Morgan fingerprint density at radius 3 is 2.13 bits per heavy atom. The Bertz CT molecular complexity index is 1860. The molecule has 5 rings (SSSR count). The highest BCUT2D eigenvalue weighted by Gasteiger charge is 2.22. The van der Waals surface area contributed by atoms with Crippen molar-refractivity contribution in [1.82, 2.24) is 9.47 Å². The minimum atomic E-state index is -3.29. The zero-order chi connectivity index (χ0) is 32.0. The number of fused-ring (bicyclic) bond motifs is 1. The minimum Gasteiger partial charge on any atom is -0.351 e. The predicted octanol–water partition coefficient (Wildman–Crippen LogP) is 7.29. The molecule has 0 aliphatic heterocycles. The second kappa shape index (κ2) is 14.1. The van der Waals surface area contributed by atoms with Gasteiger partial charge in [-0.2, -0.15) is 0 Å². The summed E-state index contributed by atoms with van der Waals surface area (Å²) in [4.78, 5) is 15.4. The molecule has 0 saturated carbocycles. The summed E-state index contributed by atoms with van der Waals surface area (Å²) >= 11 is 0. The number of aromatic nitrogens is 1. The number of anilines is 1. The molecule has 1 heterocycles. The van der Waals surface area contributed by atoms with Crippen LogP contribution < -0.4 is 10.5 Å². The highest BCUT2D eigenvalue weighted by atomic mass is 32.2. The van der Waals surface area contributed by atoms with Crippen LogP contribution in [-0.4, -0.2) is 43.3 Å². The van der Waals surface area contributed by atoms with E-state index in [1.54, 1.807) is 4.57 Å². The highest BCUT2D eigenvalue weighted by Crippen LogP contribution is 2.35. The summed E-state index contributed by atoms with van der Waals surface area (Å²) in [6.45, 7) is 6.74. The molecule has 0 unspecified atom stereocenters. The van der Waals surface area contributed by atoms with Crippen molar-refractivity contribution in [3.63, 3.8) is 0 Å². The first kappa shape index (κ1) is 32.0. The number of nitrogens with zero attached hydrogens (tertiary/aromatic N) is 2. The first-order valence-electron chi connectivity index (χ1n) is 15.4. The molecular formula is C37H42N4O3S. The van der Waals surface area contributed by atoms with Crippen LogP contribution in [0.25, 0.3) is 22.2 Å². The molecule has 0 aliphatic rings. The minimum absolute atomic E-state index is 0.479. The standard InChI is InChI=1S/C37H42N4O3S/c1-27-23-28(2)25-31(24-27)36-34(33-14-7-8-15-35(33)41(36)37(38)42)20-22-40(26-30-12-5-4-6-13-30)21-10-9-11-29-16-18-32(19-17-29)39-45(3,43)44/h4-8,12-19,23-25,39H,9-11,20-22,26H2,1-3H3,(H2,38,42). The Hall–Kier alpha value is -4.40. The molecule has 1 aromatic heterocycles. The van der Waals surface area contributed by atoms with Crippen molar-refractivity contribution in [1.29, 1.82) is 0 Å². The first-order chi connectivity index (χ1) is 21.6. The molecule has 0 radical (unpaired) electrons. The molecule has 8 heteroatoms. The van der Waals surface area contributed by atoms with Crippen molar-refractivity contribution in [2.45, 2.75) is 46.1 Å². The van der Waals surface area contributed by atoms with Crippen molar-refractivity contribution < 1.29 is 13.2 Å². The summed E-state index contributed by atoms with van der Waals surface area (Å²) in [5.74, 6) is 0. The number of carbonyl (C=O) groups excluding carboxylic acids is 1. The van der Waals surface area contributed by atoms with Gasteiger partial charge in [0.05, 0.1) is 17.5 Å². The molecule has 7 nitrogen and oxygen atoms in total. The fourth-order valence-corrected chi connectivity index (χ4v) is 6.77. The number of unbranched alkanes of at least 4 members (excludes halogenated alkanes) is 1. The van der Waals surface area contributed by atoms with Gasteiger partial charge in [0, 0.05) is 24.2 Å². The number of nitrogens with one attached hydrogen (secondary N) is 1. The number of hydrogen-bond donors (Lipinski definition) is 2. The molecule has 0 spiro atoms. The maximum atomic E-state index is 12.9. The van der Waals surface area contributed by atoms with E-state index in [4.69, 9.17) is 5.73 Å². The second-order valence-corrected chi connectivity index (χ2v) is 13.7. The average molecular weight is 623 g/mol. The average Bonchev–Trinajstić information content (AvgIpc) is 3.33. The molecule has 0 saturated heterocycles. The summed E-state index contributed by atoms with van der Waals surface area (Å²) in [6.07, 6.45) is 4.87. The molecule has 5 aromatic rings. The summed E-state index contributed by atoms with van der Waals surface area (Å²) in [6, 6.07) is 32.1. The van der Waals surface area contributed by atoms with E-state index >= 15 is 0 Å². The second-order valence-electron chi connectivity index (χ2n) is 11.9. The Morgan fingerprint density at radius 2 is 1.47 bits per heavy atom. The number of carbonyl (C=O) groups is 1. The number of para-hydroxylation sites is 1. The topological polar surface area (TPSA) is 97.4 Å². The third-order valence-electron chi connectivity index (χ3n) is 8.07. The number of sulfonamides is 1. The van der Waals surface area contributed by atoms with E-state index in [2.05, 4.69) is 72.0 Å². The van der Waals surface area contributed by atoms with Gasteiger partial charge in [0.1, 0.15) is 0 Å². The molecular weight excluding hydrogens is 580 g/mol. The van der Waals surface area contributed by atoms with Crippen LogP contribution in [0.1, 0.15) is 40.7 Å². The molecule has 234 valence electrons. The maximum absolute atomic E-state index is 12.9.